The number of methoxy groups -OCH3 is 1. The molecule has 0 radical (unpaired) electrons. The van der Waals surface area contributed by atoms with Gasteiger partial charge in [-0.25, -0.2) is 4.39 Å². The van der Waals surface area contributed by atoms with Crippen LogP contribution in [0.1, 0.15) is 10.4 Å². The summed E-state index contributed by atoms with van der Waals surface area (Å²) in [5.74, 6) is -0.552. The van der Waals surface area contributed by atoms with Gasteiger partial charge in [0, 0.05) is 16.2 Å². The average molecular weight is 339 g/mol. The molecule has 20 heavy (non-hydrogen) atoms. The van der Waals surface area contributed by atoms with Gasteiger partial charge in [-0.15, -0.1) is 0 Å². The van der Waals surface area contributed by atoms with E-state index in [-0.39, 0.29) is 5.69 Å². The molecule has 0 atom stereocenters. The maximum Gasteiger partial charge on any atom is 0.256 e. The number of rotatable bonds is 3. The van der Waals surface area contributed by atoms with Gasteiger partial charge in [-0.05, 0) is 46.3 Å². The summed E-state index contributed by atoms with van der Waals surface area (Å²) >= 11 is 3.26. The molecule has 2 aromatic carbocycles. The van der Waals surface area contributed by atoms with Gasteiger partial charge in [0.05, 0.1) is 18.4 Å². The Balaban J connectivity index is 2.30. The first-order valence-corrected chi connectivity index (χ1v) is 6.50. The summed E-state index contributed by atoms with van der Waals surface area (Å²) in [6, 6.07) is 8.94. The molecule has 0 fully saturated rings. The van der Waals surface area contributed by atoms with E-state index in [4.69, 9.17) is 10.5 Å². The molecule has 0 saturated heterocycles. The quantitative estimate of drug-likeness (QED) is 0.842. The Hall–Kier alpha value is -2.08. The third kappa shape index (κ3) is 3.08. The Morgan fingerprint density at radius 1 is 1.30 bits per heavy atom. The Morgan fingerprint density at radius 3 is 2.75 bits per heavy atom. The minimum atomic E-state index is -0.542. The van der Waals surface area contributed by atoms with Crippen LogP contribution in [-0.4, -0.2) is 13.0 Å². The molecule has 0 unspecified atom stereocenters. The highest BCUT2D eigenvalue weighted by atomic mass is 79.9. The number of hydrogen-bond acceptors (Lipinski definition) is 3. The molecule has 0 bridgehead atoms. The minimum absolute atomic E-state index is 0.0451. The predicted octanol–water partition coefficient (Wildman–Crippen LogP) is 3.43. The zero-order chi connectivity index (χ0) is 14.7. The largest absolute Gasteiger partial charge is 0.497 e. The Bertz CT molecular complexity index is 662. The number of amides is 1. The molecule has 2 aromatic rings. The Labute approximate surface area is 123 Å². The molecule has 3 N–H and O–H groups in total. The lowest BCUT2D eigenvalue weighted by molar-refractivity contribution is 0.102. The van der Waals surface area contributed by atoms with Crippen LogP contribution >= 0.6 is 15.9 Å². The van der Waals surface area contributed by atoms with Crippen LogP contribution in [0, 0.1) is 5.82 Å². The molecule has 0 saturated carbocycles. The molecule has 104 valence electrons. The third-order valence-corrected chi connectivity index (χ3v) is 3.35. The van der Waals surface area contributed by atoms with Crippen molar-refractivity contribution in [3.63, 3.8) is 0 Å². The molecular weight excluding hydrogens is 327 g/mol. The molecule has 0 aromatic heterocycles. The normalized spacial score (nSPS) is 10.2. The summed E-state index contributed by atoms with van der Waals surface area (Å²) in [5, 5.41) is 2.49. The van der Waals surface area contributed by atoms with Crippen LogP contribution in [0.15, 0.2) is 40.9 Å². The molecule has 2 rings (SSSR count). The third-order valence-electron chi connectivity index (χ3n) is 2.66. The maximum atomic E-state index is 13.7. The summed E-state index contributed by atoms with van der Waals surface area (Å²) < 4.78 is 19.2. The van der Waals surface area contributed by atoms with Gasteiger partial charge in [-0.1, -0.05) is 0 Å². The number of anilines is 2. The minimum Gasteiger partial charge on any atom is -0.497 e. The highest BCUT2D eigenvalue weighted by Crippen LogP contribution is 2.24. The predicted molar refractivity (Wildman–Crippen MR) is 79.5 cm³/mol. The molecule has 1 amide bonds. The zero-order valence-corrected chi connectivity index (χ0v) is 12.2. The van der Waals surface area contributed by atoms with Gasteiger partial charge in [0.15, 0.2) is 0 Å². The van der Waals surface area contributed by atoms with Crippen LogP contribution in [0.2, 0.25) is 0 Å². The van der Waals surface area contributed by atoms with Crippen LogP contribution in [-0.2, 0) is 0 Å². The molecule has 0 aliphatic carbocycles. The van der Waals surface area contributed by atoms with Gasteiger partial charge >= 0.3 is 0 Å². The number of nitrogens with two attached hydrogens (primary N) is 1. The van der Waals surface area contributed by atoms with Gasteiger partial charge in [-0.2, -0.15) is 0 Å². The van der Waals surface area contributed by atoms with Crippen LogP contribution in [0.5, 0.6) is 5.75 Å². The molecule has 0 aliphatic heterocycles. The summed E-state index contributed by atoms with van der Waals surface area (Å²) in [5.41, 5.74) is 6.46. The van der Waals surface area contributed by atoms with Crippen molar-refractivity contribution in [1.29, 1.82) is 0 Å². The average Bonchev–Trinajstić information content (AvgIpc) is 2.43. The van der Waals surface area contributed by atoms with E-state index in [2.05, 4.69) is 21.2 Å². The lowest BCUT2D eigenvalue weighted by atomic mass is 10.2. The number of carbonyl (C=O) groups excluding carboxylic acids is 1. The number of carbonyl (C=O) groups is 1. The summed E-state index contributed by atoms with van der Waals surface area (Å²) in [7, 11) is 1.47. The fourth-order valence-corrected chi connectivity index (χ4v) is 2.06. The molecule has 0 aliphatic rings. The van der Waals surface area contributed by atoms with Crippen molar-refractivity contribution in [3.8, 4) is 5.75 Å². The number of halogens is 2. The standard InChI is InChI=1S/C14H12BrFN2O2/c1-20-9-3-5-12(16)13(7-9)18-14(19)10-6-8(17)2-4-11(10)15/h2-7H,17H2,1H3,(H,18,19). The molecule has 6 heteroatoms. The van der Waals surface area contributed by atoms with Crippen molar-refractivity contribution in [2.75, 3.05) is 18.2 Å². The van der Waals surface area contributed by atoms with E-state index >= 15 is 0 Å². The second-order valence-electron chi connectivity index (χ2n) is 4.04. The lowest BCUT2D eigenvalue weighted by Crippen LogP contribution is -2.14. The maximum absolute atomic E-state index is 13.7. The molecule has 0 spiro atoms. The van der Waals surface area contributed by atoms with E-state index in [0.717, 1.165) is 0 Å². The number of hydrogen-bond donors (Lipinski definition) is 2. The topological polar surface area (TPSA) is 64.3 Å². The van der Waals surface area contributed by atoms with E-state index in [1.54, 1.807) is 12.1 Å². The molecule has 4 nitrogen and oxygen atoms in total. The van der Waals surface area contributed by atoms with Gasteiger partial charge in [0.25, 0.3) is 5.91 Å². The van der Waals surface area contributed by atoms with Gasteiger partial charge < -0.3 is 15.8 Å². The zero-order valence-electron chi connectivity index (χ0n) is 10.6. The second kappa shape index (κ2) is 5.92. The first-order chi connectivity index (χ1) is 9.51. The van der Waals surface area contributed by atoms with E-state index in [9.17, 15) is 9.18 Å². The molecular formula is C14H12BrFN2O2. The Kier molecular flexibility index (Phi) is 4.24. The van der Waals surface area contributed by atoms with E-state index in [0.29, 0.717) is 21.5 Å². The number of benzene rings is 2. The highest BCUT2D eigenvalue weighted by Gasteiger charge is 2.13. The SMILES string of the molecule is COc1ccc(F)c(NC(=O)c2cc(N)ccc2Br)c1. The van der Waals surface area contributed by atoms with Crippen LogP contribution in [0.25, 0.3) is 0 Å². The first kappa shape index (κ1) is 14.3. The van der Waals surface area contributed by atoms with Crippen LogP contribution < -0.4 is 15.8 Å². The van der Waals surface area contributed by atoms with E-state index in [1.807, 2.05) is 0 Å². The fourth-order valence-electron chi connectivity index (χ4n) is 1.63. The van der Waals surface area contributed by atoms with Crippen molar-refractivity contribution in [1.82, 2.24) is 0 Å². The Morgan fingerprint density at radius 2 is 2.05 bits per heavy atom. The summed E-state index contributed by atoms with van der Waals surface area (Å²) in [6.45, 7) is 0. The number of ether oxygens (including phenoxy) is 1. The van der Waals surface area contributed by atoms with Gasteiger partial charge in [0.2, 0.25) is 0 Å². The summed E-state index contributed by atoms with van der Waals surface area (Å²) in [4.78, 5) is 12.1. The highest BCUT2D eigenvalue weighted by molar-refractivity contribution is 9.10. The number of nitrogen functional groups attached to an aromatic ring is 1. The van der Waals surface area contributed by atoms with Crippen molar-refractivity contribution in [2.45, 2.75) is 0 Å². The second-order valence-corrected chi connectivity index (χ2v) is 4.89. The van der Waals surface area contributed by atoms with Crippen molar-refractivity contribution in [3.05, 3.63) is 52.3 Å². The van der Waals surface area contributed by atoms with Crippen LogP contribution in [0.4, 0.5) is 15.8 Å². The lowest BCUT2D eigenvalue weighted by Gasteiger charge is -2.10. The first-order valence-electron chi connectivity index (χ1n) is 5.71. The van der Waals surface area contributed by atoms with Crippen molar-refractivity contribution < 1.29 is 13.9 Å². The smallest absolute Gasteiger partial charge is 0.256 e. The monoisotopic (exact) mass is 338 g/mol. The molecule has 0 heterocycles. The summed E-state index contributed by atoms with van der Waals surface area (Å²) in [6.07, 6.45) is 0. The number of nitrogens with one attached hydrogen (secondary N) is 1. The van der Waals surface area contributed by atoms with Gasteiger partial charge in [-0.3, -0.25) is 4.79 Å². The van der Waals surface area contributed by atoms with Crippen LogP contribution in [0.3, 0.4) is 0 Å². The van der Waals surface area contributed by atoms with Crippen molar-refractivity contribution >= 4 is 33.2 Å². The van der Waals surface area contributed by atoms with E-state index < -0.39 is 11.7 Å². The van der Waals surface area contributed by atoms with Crippen molar-refractivity contribution in [2.24, 2.45) is 0 Å². The fraction of sp³-hybridized carbons (Fsp3) is 0.0714. The van der Waals surface area contributed by atoms with Gasteiger partial charge in [0.1, 0.15) is 11.6 Å². The van der Waals surface area contributed by atoms with E-state index in [1.165, 1.54) is 31.4 Å².